The Morgan fingerprint density at radius 1 is 1.05 bits per heavy atom. The molecule has 0 aliphatic carbocycles. The van der Waals surface area contributed by atoms with Gasteiger partial charge in [-0.3, -0.25) is 4.90 Å². The molecular formula is C33H33ClFN5O3. The highest BCUT2D eigenvalue weighted by Crippen LogP contribution is 2.32. The molecule has 0 amide bonds. The first-order valence-corrected chi connectivity index (χ1v) is 14.7. The van der Waals surface area contributed by atoms with Crippen LogP contribution in [0.25, 0.3) is 22.0 Å². The van der Waals surface area contributed by atoms with E-state index in [1.807, 2.05) is 47.3 Å². The third-order valence-corrected chi connectivity index (χ3v) is 8.07. The first-order valence-electron chi connectivity index (χ1n) is 14.3. The molecule has 3 N–H and O–H groups in total. The molecule has 0 radical (unpaired) electrons. The molecule has 6 rings (SSSR count). The Bertz CT molecular complexity index is 1710. The largest absolute Gasteiger partial charge is 0.487 e. The second-order valence-electron chi connectivity index (χ2n) is 10.9. The lowest BCUT2D eigenvalue weighted by Gasteiger charge is -2.25. The Morgan fingerprint density at radius 3 is 2.79 bits per heavy atom. The Labute approximate surface area is 254 Å². The average Bonchev–Trinajstić information content (AvgIpc) is 3.66. The van der Waals surface area contributed by atoms with Crippen molar-refractivity contribution in [1.82, 2.24) is 19.4 Å². The van der Waals surface area contributed by atoms with E-state index < -0.39 is 6.10 Å². The van der Waals surface area contributed by atoms with Gasteiger partial charge in [0.25, 0.3) is 0 Å². The summed E-state index contributed by atoms with van der Waals surface area (Å²) in [5.74, 6) is 0.818. The second kappa shape index (κ2) is 13.1. The Morgan fingerprint density at radius 2 is 1.95 bits per heavy atom. The van der Waals surface area contributed by atoms with Gasteiger partial charge in [-0.15, -0.1) is 0 Å². The summed E-state index contributed by atoms with van der Waals surface area (Å²) in [5.41, 5.74) is 4.25. The highest BCUT2D eigenvalue weighted by molar-refractivity contribution is 6.32. The third kappa shape index (κ3) is 6.97. The zero-order chi connectivity index (χ0) is 29.8. The molecule has 3 heterocycles. The molecule has 1 saturated heterocycles. The van der Waals surface area contributed by atoms with Crippen LogP contribution in [0.1, 0.15) is 18.4 Å². The SMILES string of the molecule is OCC1CCCN1CC(O)Cn1ccc(-c2ccc3ncnc(Nc4ccc(OCc5cccc(F)c5)c(Cl)c4)c3c2)c1. The number of benzene rings is 3. The molecule has 3 aromatic carbocycles. The molecule has 0 bridgehead atoms. The smallest absolute Gasteiger partial charge is 0.141 e. The fourth-order valence-corrected chi connectivity index (χ4v) is 5.83. The number of ether oxygens (including phenoxy) is 1. The molecule has 43 heavy (non-hydrogen) atoms. The van der Waals surface area contributed by atoms with Crippen LogP contribution < -0.4 is 10.1 Å². The lowest BCUT2D eigenvalue weighted by Crippen LogP contribution is -2.39. The number of likely N-dealkylation sites (tertiary alicyclic amines) is 1. The van der Waals surface area contributed by atoms with E-state index in [4.69, 9.17) is 16.3 Å². The molecule has 1 aliphatic heterocycles. The van der Waals surface area contributed by atoms with Gasteiger partial charge in [0.05, 0.1) is 23.3 Å². The lowest BCUT2D eigenvalue weighted by molar-refractivity contribution is 0.0751. The molecule has 10 heteroatoms. The van der Waals surface area contributed by atoms with Gasteiger partial charge in [-0.2, -0.15) is 0 Å². The highest BCUT2D eigenvalue weighted by Gasteiger charge is 2.25. The van der Waals surface area contributed by atoms with E-state index in [2.05, 4.69) is 20.2 Å². The minimum absolute atomic E-state index is 0.133. The fraction of sp³-hybridized carbons (Fsp3) is 0.273. The van der Waals surface area contributed by atoms with Crippen molar-refractivity contribution in [2.45, 2.75) is 38.1 Å². The number of aliphatic hydroxyl groups is 2. The van der Waals surface area contributed by atoms with Crippen molar-refractivity contribution in [3.05, 3.63) is 102 Å². The summed E-state index contributed by atoms with van der Waals surface area (Å²) in [6.07, 6.45) is 7.01. The summed E-state index contributed by atoms with van der Waals surface area (Å²) in [7, 11) is 0. The summed E-state index contributed by atoms with van der Waals surface area (Å²) in [6.45, 7) is 2.27. The number of nitrogens with one attached hydrogen (secondary N) is 1. The molecule has 2 unspecified atom stereocenters. The van der Waals surface area contributed by atoms with Gasteiger partial charge in [-0.1, -0.05) is 29.8 Å². The van der Waals surface area contributed by atoms with Crippen LogP contribution in [0.5, 0.6) is 5.75 Å². The first kappa shape index (κ1) is 29.1. The molecule has 222 valence electrons. The van der Waals surface area contributed by atoms with E-state index >= 15 is 0 Å². The van der Waals surface area contributed by atoms with Crippen LogP contribution in [0, 0.1) is 5.82 Å². The van der Waals surface area contributed by atoms with Crippen molar-refractivity contribution in [3.63, 3.8) is 0 Å². The summed E-state index contributed by atoms with van der Waals surface area (Å²) in [5, 5.41) is 24.9. The summed E-state index contributed by atoms with van der Waals surface area (Å²) < 4.78 is 21.3. The van der Waals surface area contributed by atoms with Crippen LogP contribution in [0.2, 0.25) is 5.02 Å². The van der Waals surface area contributed by atoms with Crippen LogP contribution in [0.15, 0.2) is 85.5 Å². The molecule has 2 atom stereocenters. The van der Waals surface area contributed by atoms with Crippen LogP contribution in [-0.4, -0.2) is 61.5 Å². The summed E-state index contributed by atoms with van der Waals surface area (Å²) in [4.78, 5) is 11.1. The monoisotopic (exact) mass is 601 g/mol. The maximum absolute atomic E-state index is 13.5. The molecule has 2 aromatic heterocycles. The van der Waals surface area contributed by atoms with Crippen molar-refractivity contribution >= 4 is 34.0 Å². The Kier molecular flexibility index (Phi) is 8.85. The predicted molar refractivity (Wildman–Crippen MR) is 166 cm³/mol. The first-order chi connectivity index (χ1) is 20.9. The topological polar surface area (TPSA) is 95.7 Å². The van der Waals surface area contributed by atoms with E-state index in [9.17, 15) is 14.6 Å². The Hall–Kier alpha value is -4.02. The van der Waals surface area contributed by atoms with E-state index in [1.54, 1.807) is 24.3 Å². The minimum Gasteiger partial charge on any atom is -0.487 e. The molecule has 1 fully saturated rings. The quantitative estimate of drug-likeness (QED) is 0.170. The van der Waals surface area contributed by atoms with Crippen molar-refractivity contribution in [3.8, 4) is 16.9 Å². The van der Waals surface area contributed by atoms with Gasteiger partial charge >= 0.3 is 0 Å². The van der Waals surface area contributed by atoms with Crippen molar-refractivity contribution < 1.29 is 19.3 Å². The Balaban J connectivity index is 1.14. The summed E-state index contributed by atoms with van der Waals surface area (Å²) >= 11 is 6.51. The van der Waals surface area contributed by atoms with Gasteiger partial charge in [-0.25, -0.2) is 14.4 Å². The van der Waals surface area contributed by atoms with Crippen LogP contribution in [0.4, 0.5) is 15.9 Å². The fourth-order valence-electron chi connectivity index (χ4n) is 5.60. The minimum atomic E-state index is -0.529. The van der Waals surface area contributed by atoms with E-state index in [0.717, 1.165) is 47.1 Å². The molecule has 0 saturated carbocycles. The van der Waals surface area contributed by atoms with Gasteiger partial charge in [-0.05, 0) is 84.6 Å². The number of aromatic nitrogens is 3. The number of anilines is 2. The molecule has 8 nitrogen and oxygen atoms in total. The zero-order valence-electron chi connectivity index (χ0n) is 23.5. The van der Waals surface area contributed by atoms with E-state index in [-0.39, 0.29) is 25.1 Å². The molecule has 5 aromatic rings. The van der Waals surface area contributed by atoms with Crippen LogP contribution in [-0.2, 0) is 13.2 Å². The molecular weight excluding hydrogens is 569 g/mol. The highest BCUT2D eigenvalue weighted by atomic mass is 35.5. The van der Waals surface area contributed by atoms with Crippen molar-refractivity contribution in [2.75, 3.05) is 25.0 Å². The standard InChI is InChI=1S/C33H33ClFN5O3/c34-30-15-26(7-9-32(30)43-20-22-3-1-4-25(35)13-22)38-33-29-14-23(6-8-31(29)36-21-37-33)24-10-12-39(16-24)17-28(42)18-40-11-2-5-27(40)19-41/h1,3-4,6-10,12-16,21,27-28,41-42H,2,5,11,17-20H2,(H,36,37,38). The van der Waals surface area contributed by atoms with E-state index in [1.165, 1.54) is 18.5 Å². The zero-order valence-corrected chi connectivity index (χ0v) is 24.3. The number of fused-ring (bicyclic) bond motifs is 1. The number of halogens is 2. The number of hydrogen-bond donors (Lipinski definition) is 3. The normalized spacial score (nSPS) is 16.0. The van der Waals surface area contributed by atoms with Gasteiger partial charge < -0.3 is 24.8 Å². The van der Waals surface area contributed by atoms with Gasteiger partial charge in [0, 0.05) is 42.6 Å². The maximum Gasteiger partial charge on any atom is 0.141 e. The second-order valence-corrected chi connectivity index (χ2v) is 11.3. The third-order valence-electron chi connectivity index (χ3n) is 7.77. The maximum atomic E-state index is 13.5. The average molecular weight is 602 g/mol. The van der Waals surface area contributed by atoms with Crippen LogP contribution >= 0.6 is 11.6 Å². The number of nitrogens with zero attached hydrogens (tertiary/aromatic N) is 4. The summed E-state index contributed by atoms with van der Waals surface area (Å²) in [6, 6.07) is 19.8. The molecule has 0 spiro atoms. The van der Waals surface area contributed by atoms with Gasteiger partial charge in [0.15, 0.2) is 0 Å². The van der Waals surface area contributed by atoms with Crippen molar-refractivity contribution in [1.29, 1.82) is 0 Å². The van der Waals surface area contributed by atoms with Crippen molar-refractivity contribution in [2.24, 2.45) is 0 Å². The number of β-amino-alcohol motifs (C(OH)–C–C–N with tert-alkyl or cyclic N) is 1. The number of rotatable bonds is 11. The van der Waals surface area contributed by atoms with Crippen LogP contribution in [0.3, 0.4) is 0 Å². The number of hydrogen-bond acceptors (Lipinski definition) is 7. The van der Waals surface area contributed by atoms with E-state index in [0.29, 0.717) is 35.2 Å². The van der Waals surface area contributed by atoms with Gasteiger partial charge in [0.2, 0.25) is 0 Å². The molecule has 1 aliphatic rings. The predicted octanol–water partition coefficient (Wildman–Crippen LogP) is 6.03. The lowest BCUT2D eigenvalue weighted by atomic mass is 10.1. The number of aliphatic hydroxyl groups excluding tert-OH is 2. The van der Waals surface area contributed by atoms with Gasteiger partial charge in [0.1, 0.15) is 30.3 Å².